The van der Waals surface area contributed by atoms with Gasteiger partial charge in [0, 0.05) is 17.0 Å². The molecule has 0 unspecified atom stereocenters. The van der Waals surface area contributed by atoms with Crippen LogP contribution in [0.2, 0.25) is 5.02 Å². The highest BCUT2D eigenvalue weighted by Crippen LogP contribution is 2.24. The van der Waals surface area contributed by atoms with Crippen LogP contribution >= 0.6 is 11.6 Å². The lowest BCUT2D eigenvalue weighted by Gasteiger charge is -2.29. The van der Waals surface area contributed by atoms with Crippen molar-refractivity contribution in [2.24, 2.45) is 5.41 Å². The summed E-state index contributed by atoms with van der Waals surface area (Å²) >= 11 is 5.63. The fraction of sp³-hybridized carbons (Fsp3) is 0.500. The topological polar surface area (TPSA) is 49.3 Å². The van der Waals surface area contributed by atoms with Crippen molar-refractivity contribution >= 4 is 17.5 Å². The molecule has 0 spiro atoms. The normalized spacial score (nSPS) is 11.4. The van der Waals surface area contributed by atoms with E-state index in [2.05, 4.69) is 5.32 Å². The van der Waals surface area contributed by atoms with Gasteiger partial charge in [0.1, 0.15) is 5.82 Å². The first-order chi connectivity index (χ1) is 8.98. The van der Waals surface area contributed by atoms with Gasteiger partial charge in [-0.05, 0) is 31.0 Å². The van der Waals surface area contributed by atoms with Crippen molar-refractivity contribution in [2.75, 3.05) is 13.2 Å². The summed E-state index contributed by atoms with van der Waals surface area (Å²) in [5.74, 6) is -1.14. The van der Waals surface area contributed by atoms with Crippen LogP contribution in [-0.4, -0.2) is 24.2 Å². The lowest BCUT2D eigenvalue weighted by atomic mass is 9.83. The number of aliphatic hydroxyl groups is 1. The molecule has 2 N–H and O–H groups in total. The van der Waals surface area contributed by atoms with Gasteiger partial charge >= 0.3 is 0 Å². The number of hydrogen-bond donors (Lipinski definition) is 2. The van der Waals surface area contributed by atoms with Crippen LogP contribution in [-0.2, 0) is 0 Å². The molecule has 1 aromatic rings. The van der Waals surface area contributed by atoms with Crippen LogP contribution in [0.15, 0.2) is 18.2 Å². The fourth-order valence-corrected chi connectivity index (χ4v) is 1.97. The number of benzene rings is 1. The predicted octanol–water partition coefficient (Wildman–Crippen LogP) is 3.01. The molecule has 0 fully saturated rings. The van der Waals surface area contributed by atoms with Crippen molar-refractivity contribution in [2.45, 2.75) is 26.7 Å². The molecular weight excluding hydrogens is 269 g/mol. The number of hydrogen-bond acceptors (Lipinski definition) is 2. The Kier molecular flexibility index (Phi) is 5.76. The minimum Gasteiger partial charge on any atom is -0.396 e. The minimum absolute atomic E-state index is 0.0105. The molecule has 0 aromatic heterocycles. The Hall–Kier alpha value is -1.13. The summed E-state index contributed by atoms with van der Waals surface area (Å²) in [6.45, 7) is 4.21. The first-order valence-corrected chi connectivity index (χ1v) is 6.70. The van der Waals surface area contributed by atoms with Crippen LogP contribution in [0, 0.1) is 11.2 Å². The second-order valence-corrected chi connectivity index (χ2v) is 5.11. The van der Waals surface area contributed by atoms with Crippen molar-refractivity contribution in [3.63, 3.8) is 0 Å². The third-order valence-corrected chi connectivity index (χ3v) is 3.87. The van der Waals surface area contributed by atoms with E-state index in [4.69, 9.17) is 11.6 Å². The third-order valence-electron chi connectivity index (χ3n) is 3.64. The summed E-state index contributed by atoms with van der Waals surface area (Å²) in [5, 5.41) is 12.3. The quantitative estimate of drug-likeness (QED) is 0.845. The third kappa shape index (κ3) is 3.91. The largest absolute Gasteiger partial charge is 0.396 e. The predicted molar refractivity (Wildman–Crippen MR) is 73.8 cm³/mol. The molecule has 1 amide bonds. The fourth-order valence-electron chi connectivity index (χ4n) is 1.82. The Morgan fingerprint density at radius 3 is 2.53 bits per heavy atom. The minimum atomic E-state index is -0.646. The molecule has 19 heavy (non-hydrogen) atoms. The lowest BCUT2D eigenvalue weighted by Crippen LogP contribution is -2.39. The van der Waals surface area contributed by atoms with E-state index < -0.39 is 11.7 Å². The molecule has 0 radical (unpaired) electrons. The van der Waals surface area contributed by atoms with Crippen molar-refractivity contribution < 1.29 is 14.3 Å². The van der Waals surface area contributed by atoms with E-state index >= 15 is 0 Å². The standard InChI is InChI=1S/C14H19ClFNO2/c1-3-14(4-2,9-18)8-17-13(19)11-6-5-10(15)7-12(11)16/h5-7,18H,3-4,8-9H2,1-2H3,(H,17,19). The van der Waals surface area contributed by atoms with E-state index in [1.165, 1.54) is 12.1 Å². The first kappa shape index (κ1) is 15.9. The summed E-state index contributed by atoms with van der Waals surface area (Å²) in [5.41, 5.74) is -0.387. The van der Waals surface area contributed by atoms with Gasteiger partial charge in [-0.25, -0.2) is 4.39 Å². The molecule has 3 nitrogen and oxygen atoms in total. The summed E-state index contributed by atoms with van der Waals surface area (Å²) < 4.78 is 13.6. The number of carbonyl (C=O) groups is 1. The molecule has 106 valence electrons. The van der Waals surface area contributed by atoms with E-state index in [-0.39, 0.29) is 22.6 Å². The van der Waals surface area contributed by atoms with Crippen molar-refractivity contribution in [1.82, 2.24) is 5.32 Å². The van der Waals surface area contributed by atoms with Crippen LogP contribution < -0.4 is 5.32 Å². The molecular formula is C14H19ClFNO2. The number of carbonyl (C=O) groups excluding carboxylic acids is 1. The molecule has 0 saturated heterocycles. The van der Waals surface area contributed by atoms with E-state index in [1.807, 2.05) is 13.8 Å². The van der Waals surface area contributed by atoms with Crippen LogP contribution in [0.3, 0.4) is 0 Å². The number of aliphatic hydroxyl groups excluding tert-OH is 1. The summed E-state index contributed by atoms with van der Waals surface area (Å²) in [4.78, 5) is 11.9. The maximum Gasteiger partial charge on any atom is 0.254 e. The maximum absolute atomic E-state index is 13.6. The number of rotatable bonds is 6. The van der Waals surface area contributed by atoms with Gasteiger partial charge in [0.2, 0.25) is 0 Å². The Labute approximate surface area is 117 Å². The number of nitrogens with one attached hydrogen (secondary N) is 1. The van der Waals surface area contributed by atoms with E-state index in [0.29, 0.717) is 6.54 Å². The van der Waals surface area contributed by atoms with Crippen molar-refractivity contribution in [3.8, 4) is 0 Å². The molecule has 5 heteroatoms. The van der Waals surface area contributed by atoms with E-state index in [0.717, 1.165) is 18.9 Å². The van der Waals surface area contributed by atoms with E-state index in [1.54, 1.807) is 0 Å². The highest BCUT2D eigenvalue weighted by atomic mass is 35.5. The lowest BCUT2D eigenvalue weighted by molar-refractivity contribution is 0.0847. The molecule has 0 aliphatic rings. The zero-order valence-corrected chi connectivity index (χ0v) is 11.9. The van der Waals surface area contributed by atoms with Crippen molar-refractivity contribution in [3.05, 3.63) is 34.6 Å². The monoisotopic (exact) mass is 287 g/mol. The molecule has 0 saturated carbocycles. The van der Waals surface area contributed by atoms with Gasteiger partial charge in [-0.1, -0.05) is 25.4 Å². The average Bonchev–Trinajstić information content (AvgIpc) is 2.40. The second kappa shape index (κ2) is 6.87. The molecule has 0 aliphatic heterocycles. The smallest absolute Gasteiger partial charge is 0.254 e. The zero-order valence-electron chi connectivity index (χ0n) is 11.2. The molecule has 0 bridgehead atoms. The van der Waals surface area contributed by atoms with Gasteiger partial charge in [-0.2, -0.15) is 0 Å². The van der Waals surface area contributed by atoms with Crippen LogP contribution in [0.25, 0.3) is 0 Å². The van der Waals surface area contributed by atoms with E-state index in [9.17, 15) is 14.3 Å². The maximum atomic E-state index is 13.6. The first-order valence-electron chi connectivity index (χ1n) is 6.32. The molecule has 0 atom stereocenters. The summed E-state index contributed by atoms with van der Waals surface area (Å²) in [6.07, 6.45) is 1.48. The second-order valence-electron chi connectivity index (χ2n) is 4.67. The highest BCUT2D eigenvalue weighted by molar-refractivity contribution is 6.30. The van der Waals surface area contributed by atoms with Gasteiger partial charge in [0.25, 0.3) is 5.91 Å². The zero-order chi connectivity index (χ0) is 14.5. The summed E-state index contributed by atoms with van der Waals surface area (Å²) in [7, 11) is 0. The van der Waals surface area contributed by atoms with Gasteiger partial charge in [0.15, 0.2) is 0 Å². The Bertz CT molecular complexity index is 439. The van der Waals surface area contributed by atoms with Gasteiger partial charge in [0.05, 0.1) is 12.2 Å². The van der Waals surface area contributed by atoms with Crippen LogP contribution in [0.1, 0.15) is 37.0 Å². The Balaban J connectivity index is 2.75. The molecule has 1 aromatic carbocycles. The van der Waals surface area contributed by atoms with Crippen LogP contribution in [0.5, 0.6) is 0 Å². The van der Waals surface area contributed by atoms with Crippen LogP contribution in [0.4, 0.5) is 4.39 Å². The van der Waals surface area contributed by atoms with Gasteiger partial charge < -0.3 is 10.4 Å². The SMILES string of the molecule is CCC(CC)(CO)CNC(=O)c1ccc(Cl)cc1F. The van der Waals surface area contributed by atoms with Gasteiger partial charge in [-0.3, -0.25) is 4.79 Å². The average molecular weight is 288 g/mol. The van der Waals surface area contributed by atoms with Crippen molar-refractivity contribution in [1.29, 1.82) is 0 Å². The number of amides is 1. The van der Waals surface area contributed by atoms with Gasteiger partial charge in [-0.15, -0.1) is 0 Å². The summed E-state index contributed by atoms with van der Waals surface area (Å²) in [6, 6.07) is 3.93. The molecule has 1 rings (SSSR count). The molecule has 0 aliphatic carbocycles. The Morgan fingerprint density at radius 1 is 1.42 bits per heavy atom. The molecule has 0 heterocycles. The highest BCUT2D eigenvalue weighted by Gasteiger charge is 2.26. The number of halogens is 2. The Morgan fingerprint density at radius 2 is 2.05 bits per heavy atom.